The Morgan fingerprint density at radius 3 is 2.06 bits per heavy atom. The second-order valence-electron chi connectivity index (χ2n) is 8.93. The SMILES string of the molecule is CC(C)(C)[Si](OCC[C@H]1O[C@H](O)[C@H](O)[C@@H]1CN=[N+]=[N-])(c1ccccc1)c1ccccc1. The lowest BCUT2D eigenvalue weighted by Crippen LogP contribution is -2.66. The number of hydrogen-bond acceptors (Lipinski definition) is 5. The molecule has 0 aromatic heterocycles. The minimum absolute atomic E-state index is 0.0681. The van der Waals surface area contributed by atoms with Crippen LogP contribution in [-0.4, -0.2) is 50.2 Å². The lowest BCUT2D eigenvalue weighted by molar-refractivity contribution is -0.128. The van der Waals surface area contributed by atoms with Gasteiger partial charge in [-0.3, -0.25) is 0 Å². The molecule has 1 aliphatic heterocycles. The van der Waals surface area contributed by atoms with E-state index in [0.29, 0.717) is 13.0 Å². The molecular formula is C23H31N3O4Si. The minimum Gasteiger partial charge on any atom is -0.407 e. The molecule has 4 atom stereocenters. The van der Waals surface area contributed by atoms with Gasteiger partial charge in [-0.15, -0.1) is 0 Å². The van der Waals surface area contributed by atoms with Gasteiger partial charge in [-0.05, 0) is 27.4 Å². The first-order valence-electron chi connectivity index (χ1n) is 10.6. The molecule has 0 saturated carbocycles. The molecule has 8 heteroatoms. The smallest absolute Gasteiger partial charge is 0.261 e. The van der Waals surface area contributed by atoms with Gasteiger partial charge >= 0.3 is 0 Å². The zero-order chi connectivity index (χ0) is 22.5. The number of hydrogen-bond donors (Lipinski definition) is 2. The molecule has 0 amide bonds. The van der Waals surface area contributed by atoms with Crippen molar-refractivity contribution in [2.75, 3.05) is 13.2 Å². The third-order valence-corrected chi connectivity index (χ3v) is 11.1. The predicted molar refractivity (Wildman–Crippen MR) is 123 cm³/mol. The van der Waals surface area contributed by atoms with Crippen molar-refractivity contribution < 1.29 is 19.4 Å². The Morgan fingerprint density at radius 2 is 1.58 bits per heavy atom. The van der Waals surface area contributed by atoms with E-state index in [9.17, 15) is 10.2 Å². The van der Waals surface area contributed by atoms with Crippen LogP contribution in [0.5, 0.6) is 0 Å². The van der Waals surface area contributed by atoms with Crippen molar-refractivity contribution in [3.63, 3.8) is 0 Å². The molecular weight excluding hydrogens is 410 g/mol. The summed E-state index contributed by atoms with van der Waals surface area (Å²) in [6.45, 7) is 7.10. The zero-order valence-electron chi connectivity index (χ0n) is 18.3. The highest BCUT2D eigenvalue weighted by Crippen LogP contribution is 2.37. The van der Waals surface area contributed by atoms with Crippen LogP contribution in [0.15, 0.2) is 65.8 Å². The first-order chi connectivity index (χ1) is 14.8. The Hall–Kier alpha value is -2.19. The molecule has 31 heavy (non-hydrogen) atoms. The van der Waals surface area contributed by atoms with Crippen LogP contribution in [-0.2, 0) is 9.16 Å². The number of ether oxygens (including phenoxy) is 1. The molecule has 2 aromatic rings. The van der Waals surface area contributed by atoms with E-state index in [1.165, 1.54) is 10.4 Å². The van der Waals surface area contributed by atoms with Gasteiger partial charge in [0.05, 0.1) is 6.10 Å². The fraction of sp³-hybridized carbons (Fsp3) is 0.478. The highest BCUT2D eigenvalue weighted by atomic mass is 28.4. The maximum absolute atomic E-state index is 10.2. The second-order valence-corrected chi connectivity index (χ2v) is 13.2. The molecule has 7 nitrogen and oxygen atoms in total. The van der Waals surface area contributed by atoms with Crippen LogP contribution in [0.1, 0.15) is 27.2 Å². The van der Waals surface area contributed by atoms with Crippen LogP contribution in [0.4, 0.5) is 0 Å². The third kappa shape index (κ3) is 4.85. The summed E-state index contributed by atoms with van der Waals surface area (Å²) in [5, 5.41) is 26.0. The van der Waals surface area contributed by atoms with Gasteiger partial charge in [-0.2, -0.15) is 0 Å². The molecule has 2 N–H and O–H groups in total. The Bertz CT molecular complexity index is 845. The summed E-state index contributed by atoms with van der Waals surface area (Å²) >= 11 is 0. The van der Waals surface area contributed by atoms with Crippen molar-refractivity contribution in [1.82, 2.24) is 0 Å². The molecule has 1 saturated heterocycles. The van der Waals surface area contributed by atoms with Crippen molar-refractivity contribution >= 4 is 18.7 Å². The van der Waals surface area contributed by atoms with Gasteiger partial charge in [0.15, 0.2) is 6.29 Å². The van der Waals surface area contributed by atoms with Gasteiger partial charge in [-0.1, -0.05) is 86.5 Å². The molecule has 0 unspecified atom stereocenters. The van der Waals surface area contributed by atoms with Crippen molar-refractivity contribution in [1.29, 1.82) is 0 Å². The van der Waals surface area contributed by atoms with Gasteiger partial charge in [0, 0.05) is 24.0 Å². The lowest BCUT2D eigenvalue weighted by Gasteiger charge is -2.43. The predicted octanol–water partition coefficient (Wildman–Crippen LogP) is 2.96. The lowest BCUT2D eigenvalue weighted by atomic mass is 9.97. The summed E-state index contributed by atoms with van der Waals surface area (Å²) in [5.74, 6) is -0.464. The first-order valence-corrected chi connectivity index (χ1v) is 12.5. The monoisotopic (exact) mass is 441 g/mol. The standard InChI is InChI=1S/C23H31N3O4Si/c1-23(2,3)31(17-10-6-4-7-11-17,18-12-8-5-9-13-18)29-15-14-20-19(16-25-26-24)21(27)22(28)30-20/h4-13,19-22,27-28H,14-16H2,1-3H3/t19-,20-,21-,22+/m1/s1. The van der Waals surface area contributed by atoms with E-state index in [-0.39, 0.29) is 11.6 Å². The molecule has 1 aliphatic rings. The molecule has 3 rings (SSSR count). The fourth-order valence-corrected chi connectivity index (χ4v) is 9.10. The zero-order valence-corrected chi connectivity index (χ0v) is 19.3. The second kappa shape index (κ2) is 9.95. The number of rotatable bonds is 8. The van der Waals surface area contributed by atoms with E-state index in [0.717, 1.165) is 0 Å². The Balaban J connectivity index is 1.89. The summed E-state index contributed by atoms with van der Waals surface area (Å²) in [7, 11) is -2.67. The largest absolute Gasteiger partial charge is 0.407 e. The number of azide groups is 1. The average molecular weight is 442 g/mol. The molecule has 166 valence electrons. The average Bonchev–Trinajstić information content (AvgIpc) is 3.03. The molecule has 2 aromatic carbocycles. The molecule has 1 heterocycles. The van der Waals surface area contributed by atoms with Crippen molar-refractivity contribution in [3.8, 4) is 0 Å². The third-order valence-electron chi connectivity index (χ3n) is 6.02. The van der Waals surface area contributed by atoms with E-state index in [4.69, 9.17) is 14.7 Å². The van der Waals surface area contributed by atoms with Crippen LogP contribution in [0.25, 0.3) is 10.4 Å². The summed E-state index contributed by atoms with van der Waals surface area (Å²) in [4.78, 5) is 2.78. The number of aliphatic hydroxyl groups excluding tert-OH is 2. The van der Waals surface area contributed by atoms with E-state index in [1.54, 1.807) is 0 Å². The van der Waals surface area contributed by atoms with E-state index >= 15 is 0 Å². The summed E-state index contributed by atoms with van der Waals surface area (Å²) in [6, 6.07) is 20.7. The molecule has 0 radical (unpaired) electrons. The highest BCUT2D eigenvalue weighted by molar-refractivity contribution is 6.99. The van der Waals surface area contributed by atoms with Crippen LogP contribution >= 0.6 is 0 Å². The van der Waals surface area contributed by atoms with Crippen molar-refractivity contribution in [2.45, 2.75) is 50.7 Å². The minimum atomic E-state index is -2.67. The van der Waals surface area contributed by atoms with Crippen LogP contribution in [0.3, 0.4) is 0 Å². The van der Waals surface area contributed by atoms with E-state index < -0.39 is 32.7 Å². The Morgan fingerprint density at radius 1 is 1.03 bits per heavy atom. The van der Waals surface area contributed by atoms with Crippen LogP contribution in [0.2, 0.25) is 5.04 Å². The number of benzene rings is 2. The van der Waals surface area contributed by atoms with Gasteiger partial charge < -0.3 is 19.4 Å². The quantitative estimate of drug-likeness (QED) is 0.284. The topological polar surface area (TPSA) is 108 Å². The van der Waals surface area contributed by atoms with Gasteiger partial charge in [0.1, 0.15) is 6.10 Å². The maximum Gasteiger partial charge on any atom is 0.261 e. The van der Waals surface area contributed by atoms with E-state index in [1.807, 2.05) is 36.4 Å². The molecule has 1 fully saturated rings. The van der Waals surface area contributed by atoms with Crippen molar-refractivity contribution in [3.05, 3.63) is 71.1 Å². The van der Waals surface area contributed by atoms with Gasteiger partial charge in [-0.25, -0.2) is 0 Å². The van der Waals surface area contributed by atoms with Gasteiger partial charge in [0.2, 0.25) is 0 Å². The molecule has 0 spiro atoms. The molecule has 0 bridgehead atoms. The summed E-state index contributed by atoms with van der Waals surface area (Å²) in [5.41, 5.74) is 8.64. The summed E-state index contributed by atoms with van der Waals surface area (Å²) in [6.07, 6.45) is -2.33. The fourth-order valence-electron chi connectivity index (χ4n) is 4.52. The molecule has 0 aliphatic carbocycles. The van der Waals surface area contributed by atoms with Crippen LogP contribution < -0.4 is 10.4 Å². The maximum atomic E-state index is 10.2. The van der Waals surface area contributed by atoms with E-state index in [2.05, 4.69) is 55.1 Å². The number of nitrogens with zero attached hydrogens (tertiary/aromatic N) is 3. The Labute approximate surface area is 184 Å². The number of aliphatic hydroxyl groups is 2. The highest BCUT2D eigenvalue weighted by Gasteiger charge is 2.50. The summed E-state index contributed by atoms with van der Waals surface area (Å²) < 4.78 is 12.4. The Kier molecular flexibility index (Phi) is 7.54. The van der Waals surface area contributed by atoms with Crippen LogP contribution in [0, 0.1) is 5.92 Å². The van der Waals surface area contributed by atoms with Crippen molar-refractivity contribution in [2.24, 2.45) is 11.0 Å². The first kappa shape index (κ1) is 23.5. The van der Waals surface area contributed by atoms with Gasteiger partial charge in [0.25, 0.3) is 8.32 Å². The normalized spacial score (nSPS) is 24.0.